The quantitative estimate of drug-likeness (QED) is 0.343. The van der Waals surface area contributed by atoms with E-state index in [1.807, 2.05) is 12.1 Å². The summed E-state index contributed by atoms with van der Waals surface area (Å²) in [4.78, 5) is 15.2. The number of ether oxygens (including phenoxy) is 2. The van der Waals surface area contributed by atoms with Crippen LogP contribution in [0.25, 0.3) is 0 Å². The lowest BCUT2D eigenvalue weighted by atomic mass is 9.78. The molecule has 2 saturated carbocycles. The molecule has 6 rings (SSSR count). The summed E-state index contributed by atoms with van der Waals surface area (Å²) >= 11 is 11.9. The molecule has 3 aliphatic rings. The minimum Gasteiger partial charge on any atom is -0.454 e. The average Bonchev–Trinajstić information content (AvgIpc) is 3.52. The first-order valence-corrected chi connectivity index (χ1v) is 13.8. The second kappa shape index (κ2) is 10.2. The molecule has 198 valence electrons. The Bertz CT molecular complexity index is 1350. The topological polar surface area (TPSA) is 50.8 Å². The van der Waals surface area contributed by atoms with Crippen molar-refractivity contribution < 1.29 is 18.7 Å². The lowest BCUT2D eigenvalue weighted by Crippen LogP contribution is -2.51. The molecule has 5 nitrogen and oxygen atoms in total. The maximum Gasteiger partial charge on any atom is 0.255 e. The van der Waals surface area contributed by atoms with E-state index in [9.17, 15) is 9.18 Å². The number of nitrogens with one attached hydrogen (secondary N) is 1. The van der Waals surface area contributed by atoms with Crippen LogP contribution in [0.1, 0.15) is 48.0 Å². The van der Waals surface area contributed by atoms with Gasteiger partial charge in [-0.15, -0.1) is 0 Å². The van der Waals surface area contributed by atoms with Gasteiger partial charge in [-0.3, -0.25) is 9.69 Å². The molecular formula is C30H29Cl2FN2O3. The average molecular weight is 555 g/mol. The third-order valence-electron chi connectivity index (χ3n) is 8.55. The number of carbonyl (C=O) groups is 1. The number of rotatable bonds is 6. The number of hydrogen-bond acceptors (Lipinski definition) is 4. The second-order valence-electron chi connectivity index (χ2n) is 10.6. The third-order valence-corrected chi connectivity index (χ3v) is 9.29. The summed E-state index contributed by atoms with van der Waals surface area (Å²) in [6.07, 6.45) is 6.09. The van der Waals surface area contributed by atoms with Crippen molar-refractivity contribution in [3.63, 3.8) is 0 Å². The van der Waals surface area contributed by atoms with Gasteiger partial charge in [0.15, 0.2) is 11.6 Å². The van der Waals surface area contributed by atoms with Gasteiger partial charge in [-0.05, 0) is 85.5 Å². The molecule has 3 fully saturated rings. The van der Waals surface area contributed by atoms with Crippen molar-refractivity contribution in [1.29, 1.82) is 0 Å². The van der Waals surface area contributed by atoms with Crippen molar-refractivity contribution >= 4 is 34.8 Å². The Morgan fingerprint density at radius 3 is 2.34 bits per heavy atom. The second-order valence-corrected chi connectivity index (χ2v) is 11.4. The zero-order chi connectivity index (χ0) is 26.3. The molecule has 3 aromatic carbocycles. The number of amides is 1. The van der Waals surface area contributed by atoms with Crippen LogP contribution in [-0.2, 0) is 10.2 Å². The SMILES string of the molecule is O=C(Nc1ccc(Oc2ccc(C34CCC(N5CCOCC5)(CC3)C4)cc2)c(F)c1)c1ccc(Cl)c(Cl)c1. The van der Waals surface area contributed by atoms with Crippen molar-refractivity contribution in [3.05, 3.63) is 87.7 Å². The van der Waals surface area contributed by atoms with Gasteiger partial charge in [-0.2, -0.15) is 0 Å². The molecule has 38 heavy (non-hydrogen) atoms. The van der Waals surface area contributed by atoms with Gasteiger partial charge in [0.1, 0.15) is 5.75 Å². The van der Waals surface area contributed by atoms with Crippen molar-refractivity contribution in [2.45, 2.75) is 43.1 Å². The maximum absolute atomic E-state index is 14.8. The molecule has 2 bridgehead atoms. The zero-order valence-corrected chi connectivity index (χ0v) is 22.5. The predicted molar refractivity (Wildman–Crippen MR) is 147 cm³/mol. The molecule has 0 unspecified atom stereocenters. The molecule has 1 heterocycles. The summed E-state index contributed by atoms with van der Waals surface area (Å²) in [5.74, 6) is -0.312. The van der Waals surface area contributed by atoms with Crippen LogP contribution in [0.2, 0.25) is 10.0 Å². The highest BCUT2D eigenvalue weighted by molar-refractivity contribution is 6.42. The first-order valence-electron chi connectivity index (χ1n) is 13.0. The molecular weight excluding hydrogens is 526 g/mol. The van der Waals surface area contributed by atoms with Crippen LogP contribution in [0.3, 0.4) is 0 Å². The van der Waals surface area contributed by atoms with Gasteiger partial charge < -0.3 is 14.8 Å². The van der Waals surface area contributed by atoms with E-state index in [0.29, 0.717) is 27.6 Å². The summed E-state index contributed by atoms with van der Waals surface area (Å²) in [6, 6.07) is 17.0. The van der Waals surface area contributed by atoms with Crippen LogP contribution in [0.5, 0.6) is 11.5 Å². The van der Waals surface area contributed by atoms with Crippen LogP contribution in [-0.4, -0.2) is 42.6 Å². The number of halogens is 3. The number of fused-ring (bicyclic) bond motifs is 2. The zero-order valence-electron chi connectivity index (χ0n) is 20.9. The summed E-state index contributed by atoms with van der Waals surface area (Å²) in [5.41, 5.74) is 2.52. The summed E-state index contributed by atoms with van der Waals surface area (Å²) in [7, 11) is 0. The Balaban J connectivity index is 1.11. The molecule has 1 saturated heterocycles. The highest BCUT2D eigenvalue weighted by Gasteiger charge is 2.57. The fourth-order valence-corrected chi connectivity index (χ4v) is 6.84. The fourth-order valence-electron chi connectivity index (χ4n) is 6.54. The van der Waals surface area contributed by atoms with Gasteiger partial charge >= 0.3 is 0 Å². The predicted octanol–water partition coefficient (Wildman–Crippen LogP) is 7.46. The largest absolute Gasteiger partial charge is 0.454 e. The van der Waals surface area contributed by atoms with Crippen molar-refractivity contribution in [2.75, 3.05) is 31.6 Å². The number of anilines is 1. The number of nitrogens with zero attached hydrogens (tertiary/aromatic N) is 1. The monoisotopic (exact) mass is 554 g/mol. The van der Waals surface area contributed by atoms with E-state index in [4.69, 9.17) is 32.7 Å². The van der Waals surface area contributed by atoms with Gasteiger partial charge in [-0.25, -0.2) is 4.39 Å². The van der Waals surface area contributed by atoms with Gasteiger partial charge in [-0.1, -0.05) is 35.3 Å². The van der Waals surface area contributed by atoms with E-state index in [0.717, 1.165) is 26.3 Å². The van der Waals surface area contributed by atoms with Crippen molar-refractivity contribution in [3.8, 4) is 11.5 Å². The minimum atomic E-state index is -0.568. The summed E-state index contributed by atoms with van der Waals surface area (Å²) in [5, 5.41) is 3.30. The molecule has 0 atom stereocenters. The van der Waals surface area contributed by atoms with Crippen molar-refractivity contribution in [1.82, 2.24) is 4.90 Å². The first-order chi connectivity index (χ1) is 18.4. The summed E-state index contributed by atoms with van der Waals surface area (Å²) < 4.78 is 26.3. The Kier molecular flexibility index (Phi) is 6.85. The number of hydrogen-bond donors (Lipinski definition) is 1. The highest BCUT2D eigenvalue weighted by Crippen LogP contribution is 2.60. The Labute approximate surface area is 231 Å². The van der Waals surface area contributed by atoms with Crippen molar-refractivity contribution in [2.24, 2.45) is 0 Å². The Morgan fingerprint density at radius 1 is 0.921 bits per heavy atom. The molecule has 1 N–H and O–H groups in total. The highest BCUT2D eigenvalue weighted by atomic mass is 35.5. The molecule has 0 radical (unpaired) electrons. The maximum atomic E-state index is 14.8. The van der Waals surface area contributed by atoms with E-state index in [-0.39, 0.29) is 16.2 Å². The van der Waals surface area contributed by atoms with Gasteiger partial charge in [0.05, 0.1) is 23.3 Å². The van der Waals surface area contributed by atoms with E-state index >= 15 is 0 Å². The number of morpholine rings is 1. The first kappa shape index (κ1) is 25.6. The van der Waals surface area contributed by atoms with E-state index in [1.54, 1.807) is 18.2 Å². The van der Waals surface area contributed by atoms with Crippen LogP contribution in [0, 0.1) is 5.82 Å². The van der Waals surface area contributed by atoms with E-state index < -0.39 is 11.7 Å². The van der Waals surface area contributed by atoms with E-state index in [1.165, 1.54) is 55.9 Å². The Morgan fingerprint density at radius 2 is 1.66 bits per heavy atom. The molecule has 2 aliphatic carbocycles. The van der Waals surface area contributed by atoms with Gasteiger partial charge in [0.2, 0.25) is 0 Å². The number of benzene rings is 3. The molecule has 0 spiro atoms. The lowest BCUT2D eigenvalue weighted by Gasteiger charge is -2.42. The molecule has 8 heteroatoms. The van der Waals surface area contributed by atoms with Crippen LogP contribution < -0.4 is 10.1 Å². The number of carbonyl (C=O) groups excluding carboxylic acids is 1. The van der Waals surface area contributed by atoms with Gasteiger partial charge in [0.25, 0.3) is 5.91 Å². The van der Waals surface area contributed by atoms with Crippen LogP contribution in [0.4, 0.5) is 10.1 Å². The third kappa shape index (κ3) is 4.79. The lowest BCUT2D eigenvalue weighted by molar-refractivity contribution is -0.0192. The molecule has 1 aliphatic heterocycles. The minimum absolute atomic E-state index is 0.0940. The van der Waals surface area contributed by atoms with Crippen LogP contribution in [0.15, 0.2) is 60.7 Å². The van der Waals surface area contributed by atoms with Crippen LogP contribution >= 0.6 is 23.2 Å². The smallest absolute Gasteiger partial charge is 0.255 e. The summed E-state index contributed by atoms with van der Waals surface area (Å²) in [6.45, 7) is 3.74. The normalized spacial score (nSPS) is 24.9. The van der Waals surface area contributed by atoms with E-state index in [2.05, 4.69) is 22.3 Å². The van der Waals surface area contributed by atoms with Gasteiger partial charge in [0, 0.05) is 35.9 Å². The fraction of sp³-hybridized carbons (Fsp3) is 0.367. The molecule has 3 aromatic rings. The molecule has 0 aromatic heterocycles. The standard InChI is InChI=1S/C30H29Cl2FN2O3/c31-24-7-1-20(17-25(24)32)28(36)34-22-4-8-27(26(33)18-22)38-23-5-2-21(3-6-23)29-9-11-30(19-29,12-10-29)35-13-15-37-16-14-35/h1-8,17-18H,9-16,19H2,(H,34,36). The molecule has 1 amide bonds. The Hall–Kier alpha value is -2.64.